The Hall–Kier alpha value is -2.43. The maximum absolute atomic E-state index is 12.6. The van der Waals surface area contributed by atoms with Crippen molar-refractivity contribution >= 4 is 51.1 Å². The minimum atomic E-state index is -0.0393. The average Bonchev–Trinajstić information content (AvgIpc) is 3.06. The lowest BCUT2D eigenvalue weighted by Crippen LogP contribution is -2.22. The van der Waals surface area contributed by atoms with Gasteiger partial charge in [0.25, 0.3) is 5.56 Å². The van der Waals surface area contributed by atoms with Crippen LogP contribution >= 0.6 is 22.9 Å². The number of hydrogen-bond donors (Lipinski definition) is 0. The highest BCUT2D eigenvalue weighted by molar-refractivity contribution is 7.15. The third-order valence-electron chi connectivity index (χ3n) is 3.57. The number of nitrogens with zero attached hydrogens (tertiary/aromatic N) is 2. The van der Waals surface area contributed by atoms with Gasteiger partial charge in [-0.3, -0.25) is 4.79 Å². The fourth-order valence-electron chi connectivity index (χ4n) is 2.48. The third-order valence-corrected chi connectivity index (χ3v) is 4.91. The van der Waals surface area contributed by atoms with Gasteiger partial charge in [-0.05, 0) is 29.8 Å². The molecular weight excluding hydrogens is 328 g/mol. The van der Waals surface area contributed by atoms with Crippen LogP contribution in [0.2, 0.25) is 5.02 Å². The Morgan fingerprint density at radius 1 is 1.09 bits per heavy atom. The van der Waals surface area contributed by atoms with Crippen molar-refractivity contribution in [2.24, 2.45) is 0 Å². The first-order valence-electron chi connectivity index (χ1n) is 7.07. The van der Waals surface area contributed by atoms with Gasteiger partial charge in [-0.1, -0.05) is 65.4 Å². The highest BCUT2D eigenvalue weighted by atomic mass is 35.5. The molecule has 0 aliphatic rings. The van der Waals surface area contributed by atoms with Crippen LogP contribution in [0.25, 0.3) is 28.1 Å². The Bertz CT molecular complexity index is 1160. The molecule has 4 aromatic rings. The van der Waals surface area contributed by atoms with Crippen molar-refractivity contribution in [2.45, 2.75) is 0 Å². The molecule has 2 heterocycles. The lowest BCUT2D eigenvalue weighted by Gasteiger charge is -1.94. The molecule has 0 radical (unpaired) electrons. The van der Waals surface area contributed by atoms with Crippen LogP contribution in [0.15, 0.2) is 59.4 Å². The van der Waals surface area contributed by atoms with Gasteiger partial charge >= 0.3 is 0 Å². The highest BCUT2D eigenvalue weighted by Crippen LogP contribution is 2.17. The molecular formula is C18H11ClN2OS. The van der Waals surface area contributed by atoms with Crippen LogP contribution < -0.4 is 10.1 Å². The molecule has 0 atom stereocenters. The topological polar surface area (TPSA) is 34.4 Å². The summed E-state index contributed by atoms with van der Waals surface area (Å²) in [6.45, 7) is 0. The normalized spacial score (nSPS) is 12.8. The smallest absolute Gasteiger partial charge is 0.267 e. The zero-order valence-electron chi connectivity index (χ0n) is 11.9. The summed E-state index contributed by atoms with van der Waals surface area (Å²) in [5.74, 6) is 0. The predicted molar refractivity (Wildman–Crippen MR) is 97.0 cm³/mol. The highest BCUT2D eigenvalue weighted by Gasteiger charge is 2.09. The lowest BCUT2D eigenvalue weighted by atomic mass is 10.2. The zero-order chi connectivity index (χ0) is 15.8. The van der Waals surface area contributed by atoms with Gasteiger partial charge in [0.05, 0.1) is 15.6 Å². The first-order chi connectivity index (χ1) is 11.2. The van der Waals surface area contributed by atoms with Gasteiger partial charge in [-0.25, -0.2) is 9.38 Å². The SMILES string of the molecule is O=c1/c(=C\C=C/c2ccccc2Cl)sc2nc3ccccc3n12. The first kappa shape index (κ1) is 14.2. The van der Waals surface area contributed by atoms with Crippen molar-refractivity contribution in [2.75, 3.05) is 0 Å². The summed E-state index contributed by atoms with van der Waals surface area (Å²) in [5.41, 5.74) is 2.57. The molecule has 2 aromatic heterocycles. The van der Waals surface area contributed by atoms with E-state index < -0.39 is 0 Å². The second-order valence-electron chi connectivity index (χ2n) is 5.04. The molecule has 0 amide bonds. The largest absolute Gasteiger partial charge is 0.274 e. The standard InChI is InChI=1S/C18H11ClN2OS/c19-13-8-2-1-6-12(13)7-5-11-16-17(22)21-15-10-4-3-9-14(15)20-18(21)23-16/h1-11H/b7-5-,16-11+. The van der Waals surface area contributed by atoms with E-state index in [1.807, 2.05) is 60.7 Å². The minimum Gasteiger partial charge on any atom is -0.267 e. The van der Waals surface area contributed by atoms with Crippen molar-refractivity contribution in [1.29, 1.82) is 0 Å². The van der Waals surface area contributed by atoms with Gasteiger partial charge in [0.1, 0.15) is 0 Å². The van der Waals surface area contributed by atoms with E-state index in [2.05, 4.69) is 4.98 Å². The number of hydrogen-bond acceptors (Lipinski definition) is 3. The second-order valence-corrected chi connectivity index (χ2v) is 6.45. The number of benzene rings is 2. The summed E-state index contributed by atoms with van der Waals surface area (Å²) >= 11 is 7.50. The van der Waals surface area contributed by atoms with E-state index in [9.17, 15) is 4.79 Å². The van der Waals surface area contributed by atoms with E-state index in [4.69, 9.17) is 11.6 Å². The van der Waals surface area contributed by atoms with Crippen molar-refractivity contribution < 1.29 is 0 Å². The van der Waals surface area contributed by atoms with E-state index in [0.717, 1.165) is 16.6 Å². The molecule has 5 heteroatoms. The predicted octanol–water partition coefficient (Wildman–Crippen LogP) is 3.78. The minimum absolute atomic E-state index is 0.0393. The van der Waals surface area contributed by atoms with Gasteiger partial charge in [0, 0.05) is 5.02 Å². The molecule has 0 bridgehead atoms. The van der Waals surface area contributed by atoms with E-state index in [1.165, 1.54) is 11.3 Å². The summed E-state index contributed by atoms with van der Waals surface area (Å²) in [7, 11) is 0. The Labute approximate surface area is 140 Å². The average molecular weight is 339 g/mol. The number of imidazole rings is 1. The molecule has 3 nitrogen and oxygen atoms in total. The molecule has 112 valence electrons. The van der Waals surface area contributed by atoms with Crippen LogP contribution in [-0.4, -0.2) is 9.38 Å². The second kappa shape index (κ2) is 5.65. The molecule has 0 fully saturated rings. The Kier molecular flexibility index (Phi) is 3.48. The number of halogens is 1. The Morgan fingerprint density at radius 2 is 1.87 bits per heavy atom. The van der Waals surface area contributed by atoms with Crippen LogP contribution in [0, 0.1) is 0 Å². The number of para-hydroxylation sites is 2. The molecule has 0 aliphatic carbocycles. The number of rotatable bonds is 2. The zero-order valence-corrected chi connectivity index (χ0v) is 13.5. The number of allylic oxidation sites excluding steroid dienone is 1. The fraction of sp³-hybridized carbons (Fsp3) is 0. The molecule has 4 rings (SSSR count). The molecule has 0 aliphatic heterocycles. The van der Waals surface area contributed by atoms with Crippen LogP contribution in [0.3, 0.4) is 0 Å². The van der Waals surface area contributed by atoms with E-state index in [0.29, 0.717) is 14.5 Å². The molecule has 2 aromatic carbocycles. The van der Waals surface area contributed by atoms with Gasteiger partial charge in [0.2, 0.25) is 0 Å². The summed E-state index contributed by atoms with van der Waals surface area (Å²) < 4.78 is 2.32. The molecule has 0 spiro atoms. The Balaban J connectivity index is 1.82. The first-order valence-corrected chi connectivity index (χ1v) is 8.26. The fourth-order valence-corrected chi connectivity index (χ4v) is 3.61. The summed E-state index contributed by atoms with van der Waals surface area (Å²) in [6.07, 6.45) is 5.54. The van der Waals surface area contributed by atoms with Crippen LogP contribution in [-0.2, 0) is 0 Å². The number of aromatic nitrogens is 2. The quantitative estimate of drug-likeness (QED) is 0.557. The van der Waals surface area contributed by atoms with Crippen molar-refractivity contribution in [3.63, 3.8) is 0 Å². The van der Waals surface area contributed by atoms with Crippen molar-refractivity contribution in [3.05, 3.63) is 80.1 Å². The van der Waals surface area contributed by atoms with Crippen LogP contribution in [0.1, 0.15) is 5.56 Å². The van der Waals surface area contributed by atoms with Gasteiger partial charge in [-0.15, -0.1) is 0 Å². The maximum Gasteiger partial charge on any atom is 0.274 e. The van der Waals surface area contributed by atoms with Gasteiger partial charge < -0.3 is 0 Å². The van der Waals surface area contributed by atoms with Crippen molar-refractivity contribution in [3.8, 4) is 0 Å². The van der Waals surface area contributed by atoms with Crippen molar-refractivity contribution in [1.82, 2.24) is 9.38 Å². The van der Waals surface area contributed by atoms with E-state index in [-0.39, 0.29) is 5.56 Å². The van der Waals surface area contributed by atoms with E-state index in [1.54, 1.807) is 10.5 Å². The molecule has 0 saturated heterocycles. The third kappa shape index (κ3) is 2.46. The summed E-state index contributed by atoms with van der Waals surface area (Å²) in [6, 6.07) is 15.2. The summed E-state index contributed by atoms with van der Waals surface area (Å²) in [4.78, 5) is 17.8. The molecule has 23 heavy (non-hydrogen) atoms. The Morgan fingerprint density at radius 3 is 2.74 bits per heavy atom. The number of thiazole rings is 1. The number of fused-ring (bicyclic) bond motifs is 3. The maximum atomic E-state index is 12.6. The van der Waals surface area contributed by atoms with Crippen LogP contribution in [0.5, 0.6) is 0 Å². The van der Waals surface area contributed by atoms with E-state index >= 15 is 0 Å². The molecule has 0 unspecified atom stereocenters. The molecule has 0 N–H and O–H groups in total. The van der Waals surface area contributed by atoms with Gasteiger partial charge in [-0.2, -0.15) is 0 Å². The van der Waals surface area contributed by atoms with Crippen LogP contribution in [0.4, 0.5) is 0 Å². The molecule has 0 saturated carbocycles. The summed E-state index contributed by atoms with van der Waals surface area (Å²) in [5, 5.41) is 0.687. The van der Waals surface area contributed by atoms with Gasteiger partial charge in [0.15, 0.2) is 4.96 Å². The monoisotopic (exact) mass is 338 g/mol. The lowest BCUT2D eigenvalue weighted by molar-refractivity contribution is 1.19.